The maximum absolute atomic E-state index is 10.8. The lowest BCUT2D eigenvalue weighted by molar-refractivity contribution is -0.120. The molecule has 0 bridgehead atoms. The molecular formula is C8H16ClNO. The third kappa shape index (κ3) is 4.25. The van der Waals surface area contributed by atoms with Crippen molar-refractivity contribution in [3.63, 3.8) is 0 Å². The Morgan fingerprint density at radius 3 is 1.82 bits per heavy atom. The molecule has 0 fully saturated rings. The summed E-state index contributed by atoms with van der Waals surface area (Å²) in [5, 5.41) is 0. The lowest BCUT2D eigenvalue weighted by Gasteiger charge is -2.27. The molecule has 0 spiro atoms. The van der Waals surface area contributed by atoms with Crippen LogP contribution in [0.4, 0.5) is 0 Å². The monoisotopic (exact) mass is 177 g/mol. The molecule has 0 aromatic rings. The lowest BCUT2D eigenvalue weighted by atomic mass is 9.85. The summed E-state index contributed by atoms with van der Waals surface area (Å²) in [5.41, 5.74) is 5.14. The average molecular weight is 178 g/mol. The van der Waals surface area contributed by atoms with Crippen LogP contribution in [0.25, 0.3) is 0 Å². The Bertz CT molecular complexity index is 158. The van der Waals surface area contributed by atoms with Gasteiger partial charge in [0.05, 0.1) is 0 Å². The molecule has 0 heterocycles. The Hall–Kier alpha value is -0.240. The first-order valence-corrected chi connectivity index (χ1v) is 4.02. The molecule has 0 aliphatic rings. The van der Waals surface area contributed by atoms with Gasteiger partial charge >= 0.3 is 0 Å². The molecule has 0 saturated heterocycles. The van der Waals surface area contributed by atoms with Crippen molar-refractivity contribution >= 4 is 17.5 Å². The largest absolute Gasteiger partial charge is 0.368 e. The fourth-order valence-electron chi connectivity index (χ4n) is 1.08. The van der Waals surface area contributed by atoms with Crippen molar-refractivity contribution in [1.82, 2.24) is 0 Å². The van der Waals surface area contributed by atoms with E-state index >= 15 is 0 Å². The minimum absolute atomic E-state index is 0.0333. The maximum atomic E-state index is 10.8. The number of rotatable bonds is 2. The minimum Gasteiger partial charge on any atom is -0.368 e. The second kappa shape index (κ2) is 3.02. The van der Waals surface area contributed by atoms with Gasteiger partial charge in [0.15, 0.2) is 0 Å². The number of alkyl halides is 1. The van der Waals surface area contributed by atoms with E-state index in [0.717, 1.165) is 0 Å². The van der Waals surface area contributed by atoms with E-state index in [0.29, 0.717) is 6.42 Å². The van der Waals surface area contributed by atoms with Gasteiger partial charge in [-0.3, -0.25) is 4.79 Å². The van der Waals surface area contributed by atoms with E-state index in [1.54, 1.807) is 6.92 Å². The van der Waals surface area contributed by atoms with Crippen LogP contribution in [-0.4, -0.2) is 10.8 Å². The molecule has 0 aliphatic carbocycles. The standard InChI is InChI=1S/C8H16ClNO/c1-7(2,3)5-8(4,9)6(10)11/h5H2,1-4H3,(H2,10,11). The second-order valence-corrected chi connectivity index (χ2v) is 5.13. The number of halogens is 1. The van der Waals surface area contributed by atoms with E-state index in [2.05, 4.69) is 0 Å². The second-order valence-electron chi connectivity index (χ2n) is 4.30. The Morgan fingerprint density at radius 2 is 1.73 bits per heavy atom. The summed E-state index contributed by atoms with van der Waals surface area (Å²) in [7, 11) is 0. The van der Waals surface area contributed by atoms with E-state index in [-0.39, 0.29) is 5.41 Å². The van der Waals surface area contributed by atoms with Crippen LogP contribution >= 0.6 is 11.6 Å². The van der Waals surface area contributed by atoms with Crippen molar-refractivity contribution in [1.29, 1.82) is 0 Å². The zero-order valence-electron chi connectivity index (χ0n) is 7.57. The van der Waals surface area contributed by atoms with Crippen molar-refractivity contribution < 1.29 is 4.79 Å². The number of hydrogen-bond acceptors (Lipinski definition) is 1. The van der Waals surface area contributed by atoms with Gasteiger partial charge in [-0.1, -0.05) is 20.8 Å². The molecule has 1 amide bonds. The van der Waals surface area contributed by atoms with Gasteiger partial charge in [-0.05, 0) is 18.8 Å². The molecule has 11 heavy (non-hydrogen) atoms. The smallest absolute Gasteiger partial charge is 0.238 e. The van der Waals surface area contributed by atoms with Crippen molar-refractivity contribution in [3.05, 3.63) is 0 Å². The van der Waals surface area contributed by atoms with Gasteiger partial charge in [-0.25, -0.2) is 0 Å². The Morgan fingerprint density at radius 1 is 1.36 bits per heavy atom. The van der Waals surface area contributed by atoms with E-state index in [9.17, 15) is 4.79 Å². The normalized spacial score (nSPS) is 17.5. The Labute approximate surface area is 73.1 Å². The molecule has 0 aliphatic heterocycles. The maximum Gasteiger partial charge on any atom is 0.238 e. The highest BCUT2D eigenvalue weighted by Crippen LogP contribution is 2.31. The van der Waals surface area contributed by atoms with Crippen molar-refractivity contribution in [2.24, 2.45) is 11.1 Å². The predicted molar refractivity (Wildman–Crippen MR) is 47.5 cm³/mol. The average Bonchev–Trinajstić information content (AvgIpc) is 1.56. The summed E-state index contributed by atoms with van der Waals surface area (Å²) in [6.07, 6.45) is 0.594. The summed E-state index contributed by atoms with van der Waals surface area (Å²) in [6, 6.07) is 0. The fraction of sp³-hybridized carbons (Fsp3) is 0.875. The summed E-state index contributed by atoms with van der Waals surface area (Å²) in [6.45, 7) is 7.73. The third-order valence-corrected chi connectivity index (χ3v) is 1.70. The number of carbonyl (C=O) groups is 1. The summed E-state index contributed by atoms with van der Waals surface area (Å²) in [4.78, 5) is 9.88. The molecule has 3 heteroatoms. The van der Waals surface area contributed by atoms with Gasteiger partial charge in [0.25, 0.3) is 0 Å². The predicted octanol–water partition coefficient (Wildman–Crippen LogP) is 1.91. The zero-order valence-corrected chi connectivity index (χ0v) is 8.33. The first-order valence-electron chi connectivity index (χ1n) is 3.64. The number of amides is 1. The first-order chi connectivity index (χ1) is 4.65. The highest BCUT2D eigenvalue weighted by atomic mass is 35.5. The molecule has 0 aromatic carbocycles. The quantitative estimate of drug-likeness (QED) is 0.644. The van der Waals surface area contributed by atoms with Crippen LogP contribution in [-0.2, 0) is 4.79 Å². The van der Waals surface area contributed by atoms with Gasteiger partial charge in [0, 0.05) is 0 Å². The van der Waals surface area contributed by atoms with E-state index < -0.39 is 10.8 Å². The minimum atomic E-state index is -0.905. The van der Waals surface area contributed by atoms with Gasteiger partial charge in [0.1, 0.15) is 4.87 Å². The molecule has 2 nitrogen and oxygen atoms in total. The third-order valence-electron chi connectivity index (χ3n) is 1.38. The van der Waals surface area contributed by atoms with Gasteiger partial charge in [0.2, 0.25) is 5.91 Å². The van der Waals surface area contributed by atoms with E-state index in [4.69, 9.17) is 17.3 Å². The van der Waals surface area contributed by atoms with Gasteiger partial charge in [-0.15, -0.1) is 11.6 Å². The molecule has 0 aromatic heterocycles. The molecular weight excluding hydrogens is 162 g/mol. The highest BCUT2D eigenvalue weighted by Gasteiger charge is 2.32. The Kier molecular flexibility index (Phi) is 2.95. The number of hydrogen-bond donors (Lipinski definition) is 1. The topological polar surface area (TPSA) is 43.1 Å². The van der Waals surface area contributed by atoms with Crippen LogP contribution in [0.3, 0.4) is 0 Å². The van der Waals surface area contributed by atoms with Crippen LogP contribution in [0.5, 0.6) is 0 Å². The van der Waals surface area contributed by atoms with Crippen LogP contribution in [0, 0.1) is 5.41 Å². The van der Waals surface area contributed by atoms with E-state index in [1.807, 2.05) is 20.8 Å². The van der Waals surface area contributed by atoms with Crippen molar-refractivity contribution in [2.75, 3.05) is 0 Å². The fourth-order valence-corrected chi connectivity index (χ4v) is 1.48. The van der Waals surface area contributed by atoms with Gasteiger partial charge in [-0.2, -0.15) is 0 Å². The van der Waals surface area contributed by atoms with Crippen molar-refractivity contribution in [2.45, 2.75) is 39.0 Å². The molecule has 0 rings (SSSR count). The highest BCUT2D eigenvalue weighted by molar-refractivity contribution is 6.34. The molecule has 1 atom stereocenters. The first kappa shape index (κ1) is 10.8. The Balaban J connectivity index is 4.25. The summed E-state index contributed by atoms with van der Waals surface area (Å²) in [5.74, 6) is -0.450. The molecule has 66 valence electrons. The van der Waals surface area contributed by atoms with Crippen LogP contribution in [0.2, 0.25) is 0 Å². The summed E-state index contributed by atoms with van der Waals surface area (Å²) < 4.78 is 0. The molecule has 1 unspecified atom stereocenters. The lowest BCUT2D eigenvalue weighted by Crippen LogP contribution is -2.38. The van der Waals surface area contributed by atoms with E-state index in [1.165, 1.54) is 0 Å². The SMILES string of the molecule is CC(C)(C)CC(C)(Cl)C(N)=O. The number of carbonyl (C=O) groups excluding carboxylic acids is 1. The van der Waals surface area contributed by atoms with Crippen LogP contribution in [0.15, 0.2) is 0 Å². The zero-order chi connectivity index (χ0) is 9.28. The van der Waals surface area contributed by atoms with Crippen LogP contribution < -0.4 is 5.73 Å². The molecule has 0 radical (unpaired) electrons. The summed E-state index contributed by atoms with van der Waals surface area (Å²) >= 11 is 5.88. The van der Waals surface area contributed by atoms with Gasteiger partial charge < -0.3 is 5.73 Å². The van der Waals surface area contributed by atoms with Crippen LogP contribution in [0.1, 0.15) is 34.1 Å². The molecule has 2 N–H and O–H groups in total. The molecule has 0 saturated carbocycles. The number of nitrogens with two attached hydrogens (primary N) is 1. The van der Waals surface area contributed by atoms with Crippen molar-refractivity contribution in [3.8, 4) is 0 Å². The number of primary amides is 1.